The van der Waals surface area contributed by atoms with Gasteiger partial charge in [0.2, 0.25) is 5.91 Å². The van der Waals surface area contributed by atoms with Gasteiger partial charge in [0.1, 0.15) is 11.5 Å². The standard InChI is InChI=1S/C20H22ClNO5/c1-13(15-5-7-16(8-6-15)27-12-20(24)25)22-19(23)10-4-14-3-9-18(26-2)17(21)11-14/h3,5-9,11,13H,4,10,12H2,1-2H3,(H,22,23)(H,24,25). The van der Waals surface area contributed by atoms with Crippen molar-refractivity contribution in [3.63, 3.8) is 0 Å². The Morgan fingerprint density at radius 3 is 2.48 bits per heavy atom. The van der Waals surface area contributed by atoms with Gasteiger partial charge in [-0.15, -0.1) is 0 Å². The molecule has 1 amide bonds. The Hall–Kier alpha value is -2.73. The minimum Gasteiger partial charge on any atom is -0.495 e. The predicted molar refractivity (Wildman–Crippen MR) is 102 cm³/mol. The van der Waals surface area contributed by atoms with E-state index in [1.807, 2.05) is 13.0 Å². The second-order valence-electron chi connectivity index (χ2n) is 6.01. The average molecular weight is 392 g/mol. The summed E-state index contributed by atoms with van der Waals surface area (Å²) in [6.45, 7) is 1.50. The van der Waals surface area contributed by atoms with Crippen LogP contribution in [-0.4, -0.2) is 30.7 Å². The van der Waals surface area contributed by atoms with Crippen molar-refractivity contribution < 1.29 is 24.2 Å². The number of aliphatic carboxylic acids is 1. The molecular formula is C20H22ClNO5. The molecule has 0 fully saturated rings. The van der Waals surface area contributed by atoms with Crippen LogP contribution in [0.3, 0.4) is 0 Å². The molecule has 2 aromatic rings. The van der Waals surface area contributed by atoms with Crippen LogP contribution < -0.4 is 14.8 Å². The van der Waals surface area contributed by atoms with Crippen molar-refractivity contribution in [2.75, 3.05) is 13.7 Å². The molecule has 0 saturated carbocycles. The summed E-state index contributed by atoms with van der Waals surface area (Å²) >= 11 is 6.09. The van der Waals surface area contributed by atoms with Crippen LogP contribution in [0.2, 0.25) is 5.02 Å². The highest BCUT2D eigenvalue weighted by molar-refractivity contribution is 6.32. The third-order valence-electron chi connectivity index (χ3n) is 3.98. The molecule has 7 heteroatoms. The zero-order valence-electron chi connectivity index (χ0n) is 15.2. The van der Waals surface area contributed by atoms with Crippen molar-refractivity contribution >= 4 is 23.5 Å². The molecule has 0 radical (unpaired) electrons. The van der Waals surface area contributed by atoms with Gasteiger partial charge in [-0.1, -0.05) is 29.8 Å². The van der Waals surface area contributed by atoms with E-state index in [2.05, 4.69) is 5.32 Å². The van der Waals surface area contributed by atoms with Crippen molar-refractivity contribution in [1.82, 2.24) is 5.32 Å². The van der Waals surface area contributed by atoms with Crippen LogP contribution in [0.4, 0.5) is 0 Å². The summed E-state index contributed by atoms with van der Waals surface area (Å²) in [5, 5.41) is 12.1. The maximum absolute atomic E-state index is 12.2. The topological polar surface area (TPSA) is 84.9 Å². The molecular weight excluding hydrogens is 370 g/mol. The van der Waals surface area contributed by atoms with Gasteiger partial charge in [0.15, 0.2) is 6.61 Å². The van der Waals surface area contributed by atoms with Gasteiger partial charge in [-0.2, -0.15) is 0 Å². The fourth-order valence-electron chi connectivity index (χ4n) is 2.52. The van der Waals surface area contributed by atoms with E-state index in [1.54, 1.807) is 43.5 Å². The fraction of sp³-hybridized carbons (Fsp3) is 0.300. The van der Waals surface area contributed by atoms with Gasteiger partial charge < -0.3 is 19.9 Å². The summed E-state index contributed by atoms with van der Waals surface area (Å²) in [5.74, 6) is -0.0242. The highest BCUT2D eigenvalue weighted by Gasteiger charge is 2.11. The predicted octanol–water partition coefficient (Wildman–Crippen LogP) is 3.62. The van der Waals surface area contributed by atoms with E-state index in [4.69, 9.17) is 26.2 Å². The summed E-state index contributed by atoms with van der Waals surface area (Å²) in [5.41, 5.74) is 1.86. The number of rotatable bonds is 9. The largest absolute Gasteiger partial charge is 0.495 e. The normalized spacial score (nSPS) is 11.5. The van der Waals surface area contributed by atoms with E-state index in [9.17, 15) is 9.59 Å². The lowest BCUT2D eigenvalue weighted by molar-refractivity contribution is -0.139. The quantitative estimate of drug-likeness (QED) is 0.682. The van der Waals surface area contributed by atoms with Crippen molar-refractivity contribution in [1.29, 1.82) is 0 Å². The highest BCUT2D eigenvalue weighted by Crippen LogP contribution is 2.25. The number of aryl methyl sites for hydroxylation is 1. The lowest BCUT2D eigenvalue weighted by Gasteiger charge is -2.15. The summed E-state index contributed by atoms with van der Waals surface area (Å²) in [6, 6.07) is 12.2. The van der Waals surface area contributed by atoms with Gasteiger partial charge in [-0.25, -0.2) is 4.79 Å². The van der Waals surface area contributed by atoms with Gasteiger partial charge >= 0.3 is 5.97 Å². The number of methoxy groups -OCH3 is 1. The van der Waals surface area contributed by atoms with Crippen LogP contribution in [0.1, 0.15) is 30.5 Å². The van der Waals surface area contributed by atoms with Crippen LogP contribution in [-0.2, 0) is 16.0 Å². The Morgan fingerprint density at radius 2 is 1.89 bits per heavy atom. The smallest absolute Gasteiger partial charge is 0.341 e. The second kappa shape index (κ2) is 9.83. The number of carbonyl (C=O) groups is 2. The van der Waals surface area contributed by atoms with Gasteiger partial charge in [-0.05, 0) is 48.7 Å². The average Bonchev–Trinajstić information content (AvgIpc) is 2.65. The molecule has 0 saturated heterocycles. The van der Waals surface area contributed by atoms with Gasteiger partial charge in [0.25, 0.3) is 0 Å². The highest BCUT2D eigenvalue weighted by atomic mass is 35.5. The summed E-state index contributed by atoms with van der Waals surface area (Å²) < 4.78 is 10.2. The number of carboxylic acid groups (broad SMARTS) is 1. The molecule has 6 nitrogen and oxygen atoms in total. The number of carboxylic acids is 1. The molecule has 27 heavy (non-hydrogen) atoms. The molecule has 0 aromatic heterocycles. The maximum atomic E-state index is 12.2. The molecule has 0 aliphatic carbocycles. The Kier molecular flexibility index (Phi) is 7.49. The SMILES string of the molecule is COc1ccc(CCC(=O)NC(C)c2ccc(OCC(=O)O)cc2)cc1Cl. The number of hydrogen-bond donors (Lipinski definition) is 2. The van der Waals surface area contributed by atoms with Crippen LogP contribution >= 0.6 is 11.6 Å². The van der Waals surface area contributed by atoms with Gasteiger partial charge in [0, 0.05) is 6.42 Å². The fourth-order valence-corrected chi connectivity index (χ4v) is 2.80. The van der Waals surface area contributed by atoms with Crippen molar-refractivity contribution in [2.45, 2.75) is 25.8 Å². The summed E-state index contributed by atoms with van der Waals surface area (Å²) in [6.07, 6.45) is 0.914. The molecule has 2 N–H and O–H groups in total. The summed E-state index contributed by atoms with van der Waals surface area (Å²) in [4.78, 5) is 22.7. The molecule has 144 valence electrons. The molecule has 2 aromatic carbocycles. The van der Waals surface area contributed by atoms with Crippen molar-refractivity contribution in [3.8, 4) is 11.5 Å². The number of halogens is 1. The van der Waals surface area contributed by atoms with Crippen molar-refractivity contribution in [2.24, 2.45) is 0 Å². The second-order valence-corrected chi connectivity index (χ2v) is 6.42. The lowest BCUT2D eigenvalue weighted by atomic mass is 10.1. The summed E-state index contributed by atoms with van der Waals surface area (Å²) in [7, 11) is 1.56. The molecule has 1 atom stereocenters. The zero-order chi connectivity index (χ0) is 19.8. The van der Waals surface area contributed by atoms with Gasteiger partial charge in [0.05, 0.1) is 18.2 Å². The molecule has 2 rings (SSSR count). The first kappa shape index (κ1) is 20.6. The first-order valence-corrected chi connectivity index (χ1v) is 8.83. The van der Waals surface area contributed by atoms with E-state index in [1.165, 1.54) is 0 Å². The Labute approximate surface area is 163 Å². The van der Waals surface area contributed by atoms with E-state index < -0.39 is 5.97 Å². The number of carbonyl (C=O) groups excluding carboxylic acids is 1. The first-order chi connectivity index (χ1) is 12.9. The van der Waals surface area contributed by atoms with E-state index in [-0.39, 0.29) is 18.6 Å². The number of amides is 1. The number of hydrogen-bond acceptors (Lipinski definition) is 4. The minimum absolute atomic E-state index is 0.0688. The van der Waals surface area contributed by atoms with Crippen molar-refractivity contribution in [3.05, 3.63) is 58.6 Å². The Balaban J connectivity index is 1.84. The number of nitrogens with one attached hydrogen (secondary N) is 1. The first-order valence-electron chi connectivity index (χ1n) is 8.45. The Bertz CT molecular complexity index is 791. The van der Waals surface area contributed by atoms with E-state index in [0.717, 1.165) is 11.1 Å². The molecule has 0 heterocycles. The van der Waals surface area contributed by atoms with Crippen LogP contribution in [0.5, 0.6) is 11.5 Å². The molecule has 1 unspecified atom stereocenters. The molecule has 0 spiro atoms. The third-order valence-corrected chi connectivity index (χ3v) is 4.27. The molecule has 0 aliphatic rings. The monoisotopic (exact) mass is 391 g/mol. The molecule has 0 aliphatic heterocycles. The minimum atomic E-state index is -1.03. The van der Waals surface area contributed by atoms with Crippen LogP contribution in [0, 0.1) is 0 Å². The van der Waals surface area contributed by atoms with Crippen LogP contribution in [0.25, 0.3) is 0 Å². The Morgan fingerprint density at radius 1 is 1.19 bits per heavy atom. The van der Waals surface area contributed by atoms with E-state index in [0.29, 0.717) is 29.4 Å². The lowest BCUT2D eigenvalue weighted by Crippen LogP contribution is -2.26. The molecule has 0 bridgehead atoms. The van der Waals surface area contributed by atoms with Gasteiger partial charge in [-0.3, -0.25) is 4.79 Å². The third kappa shape index (κ3) is 6.49. The van der Waals surface area contributed by atoms with E-state index >= 15 is 0 Å². The zero-order valence-corrected chi connectivity index (χ0v) is 16.0. The maximum Gasteiger partial charge on any atom is 0.341 e. The van der Waals surface area contributed by atoms with Crippen LogP contribution in [0.15, 0.2) is 42.5 Å². The number of ether oxygens (including phenoxy) is 2. The number of benzene rings is 2.